The van der Waals surface area contributed by atoms with Gasteiger partial charge < -0.3 is 14.9 Å². The molecular weight excluding hydrogens is 401 g/mol. The predicted octanol–water partition coefficient (Wildman–Crippen LogP) is 2.82. The Morgan fingerprint density at radius 3 is 2.19 bits per heavy atom. The van der Waals surface area contributed by atoms with Gasteiger partial charge in [-0.25, -0.2) is 9.78 Å². The van der Waals surface area contributed by atoms with Crippen molar-refractivity contribution in [2.24, 2.45) is 0 Å². The van der Waals surface area contributed by atoms with Gasteiger partial charge in [-0.05, 0) is 19.2 Å². The molecule has 10 heteroatoms. The number of carboxylic acids is 1. The van der Waals surface area contributed by atoms with Crippen LogP contribution >= 0.6 is 34.8 Å². The van der Waals surface area contributed by atoms with E-state index in [1.807, 2.05) is 11.9 Å². The topological polar surface area (TPSA) is 82.5 Å². The highest BCUT2D eigenvalue weighted by Gasteiger charge is 2.30. The van der Waals surface area contributed by atoms with Crippen LogP contribution < -0.4 is 4.90 Å². The van der Waals surface area contributed by atoms with Crippen LogP contribution in [0.4, 0.5) is 5.95 Å². The van der Waals surface area contributed by atoms with E-state index >= 15 is 0 Å². The average molecular weight is 417 g/mol. The molecule has 0 amide bonds. The molecule has 0 saturated carbocycles. The van der Waals surface area contributed by atoms with Crippen LogP contribution in [0.25, 0.3) is 11.4 Å². The zero-order chi connectivity index (χ0) is 18.9. The largest absolute Gasteiger partial charge is 0.478 e. The number of likely N-dealkylation sites (N-methyl/N-ethyl adjacent to an activating group) is 1. The Balaban J connectivity index is 2.01. The highest BCUT2D eigenvalue weighted by Crippen LogP contribution is 2.37. The van der Waals surface area contributed by atoms with Crippen molar-refractivity contribution < 1.29 is 9.90 Å². The minimum atomic E-state index is -1.79. The minimum Gasteiger partial charge on any atom is -0.478 e. The molecule has 0 unspecified atom stereocenters. The van der Waals surface area contributed by atoms with Crippen molar-refractivity contribution in [1.29, 1.82) is 0 Å². The summed E-state index contributed by atoms with van der Waals surface area (Å²) in [4.78, 5) is 28.3. The number of rotatable bonds is 3. The molecule has 1 aromatic heterocycles. The van der Waals surface area contributed by atoms with Gasteiger partial charge in [0, 0.05) is 31.7 Å². The number of anilines is 1. The normalized spacial score (nSPS) is 15.9. The fraction of sp³-hybridized carbons (Fsp3) is 0.375. The van der Waals surface area contributed by atoms with Crippen molar-refractivity contribution in [1.82, 2.24) is 19.9 Å². The number of carbonyl (C=O) groups is 1. The van der Waals surface area contributed by atoms with Gasteiger partial charge in [-0.15, -0.1) is 0 Å². The third-order valence-electron chi connectivity index (χ3n) is 4.05. The molecule has 1 aromatic carbocycles. The quantitative estimate of drug-likeness (QED) is 0.770. The Labute approximate surface area is 165 Å². The summed E-state index contributed by atoms with van der Waals surface area (Å²) in [7, 11) is 2.05. The van der Waals surface area contributed by atoms with Gasteiger partial charge in [0.05, 0.1) is 5.56 Å². The predicted molar refractivity (Wildman–Crippen MR) is 101 cm³/mol. The van der Waals surface area contributed by atoms with Gasteiger partial charge in [0.2, 0.25) is 9.74 Å². The van der Waals surface area contributed by atoms with Gasteiger partial charge in [0.15, 0.2) is 11.6 Å². The molecule has 7 nitrogen and oxygen atoms in total. The van der Waals surface area contributed by atoms with Crippen LogP contribution in [-0.2, 0) is 3.79 Å². The molecule has 1 N–H and O–H groups in total. The Kier molecular flexibility index (Phi) is 5.53. The van der Waals surface area contributed by atoms with E-state index < -0.39 is 9.76 Å². The van der Waals surface area contributed by atoms with Crippen molar-refractivity contribution in [2.75, 3.05) is 38.1 Å². The lowest BCUT2D eigenvalue weighted by molar-refractivity contribution is 0.0697. The Morgan fingerprint density at radius 1 is 1.04 bits per heavy atom. The van der Waals surface area contributed by atoms with Crippen LogP contribution in [0.5, 0.6) is 0 Å². The fourth-order valence-corrected chi connectivity index (χ4v) is 2.78. The molecule has 1 saturated heterocycles. The second-order valence-corrected chi connectivity index (χ2v) is 8.23. The Bertz CT molecular complexity index is 803. The van der Waals surface area contributed by atoms with Crippen molar-refractivity contribution >= 4 is 46.7 Å². The third-order valence-corrected chi connectivity index (χ3v) is 4.56. The molecule has 138 valence electrons. The number of halogens is 3. The summed E-state index contributed by atoms with van der Waals surface area (Å²) in [5.74, 6) is -0.213. The minimum absolute atomic E-state index is 0.0312. The SMILES string of the molecule is CN1CCN(c2nc(-c3ccc(C(=O)O)cc3)nc(C(Cl)(Cl)Cl)n2)CC1. The lowest BCUT2D eigenvalue weighted by Crippen LogP contribution is -2.45. The first-order valence-electron chi connectivity index (χ1n) is 7.84. The van der Waals surface area contributed by atoms with Crippen LogP contribution in [0.1, 0.15) is 16.2 Å². The maximum atomic E-state index is 11.0. The summed E-state index contributed by atoms with van der Waals surface area (Å²) in [6.45, 7) is 3.24. The Hall–Kier alpha value is -1.67. The summed E-state index contributed by atoms with van der Waals surface area (Å²) < 4.78 is -1.79. The molecule has 0 radical (unpaired) electrons. The van der Waals surface area contributed by atoms with Crippen LogP contribution in [0.15, 0.2) is 24.3 Å². The molecule has 1 fully saturated rings. The van der Waals surface area contributed by atoms with E-state index in [0.717, 1.165) is 26.2 Å². The number of piperazine rings is 1. The number of hydrogen-bond acceptors (Lipinski definition) is 6. The summed E-state index contributed by atoms with van der Waals surface area (Å²) in [6.07, 6.45) is 0. The molecule has 3 rings (SSSR count). The van der Waals surface area contributed by atoms with Crippen LogP contribution in [-0.4, -0.2) is 64.2 Å². The number of carboxylic acid groups (broad SMARTS) is 1. The van der Waals surface area contributed by atoms with Crippen molar-refractivity contribution in [3.63, 3.8) is 0 Å². The van der Waals surface area contributed by atoms with Gasteiger partial charge in [0.25, 0.3) is 0 Å². The first-order valence-corrected chi connectivity index (χ1v) is 8.98. The van der Waals surface area contributed by atoms with Gasteiger partial charge in [-0.3, -0.25) is 0 Å². The molecule has 0 atom stereocenters. The number of nitrogens with zero attached hydrogens (tertiary/aromatic N) is 5. The Morgan fingerprint density at radius 2 is 1.65 bits per heavy atom. The zero-order valence-corrected chi connectivity index (χ0v) is 16.1. The second kappa shape index (κ2) is 7.52. The van der Waals surface area contributed by atoms with Crippen molar-refractivity contribution in [3.8, 4) is 11.4 Å². The lowest BCUT2D eigenvalue weighted by atomic mass is 10.1. The molecular formula is C16H16Cl3N5O2. The van der Waals surface area contributed by atoms with E-state index in [9.17, 15) is 4.79 Å². The zero-order valence-electron chi connectivity index (χ0n) is 13.9. The molecule has 1 aliphatic rings. The number of benzene rings is 1. The highest BCUT2D eigenvalue weighted by molar-refractivity contribution is 6.66. The monoisotopic (exact) mass is 415 g/mol. The number of aromatic nitrogens is 3. The maximum Gasteiger partial charge on any atom is 0.335 e. The summed E-state index contributed by atoms with van der Waals surface area (Å²) in [6, 6.07) is 6.20. The highest BCUT2D eigenvalue weighted by atomic mass is 35.6. The smallest absolute Gasteiger partial charge is 0.335 e. The first kappa shape index (κ1) is 19.1. The summed E-state index contributed by atoms with van der Waals surface area (Å²) >= 11 is 18.0. The third kappa shape index (κ3) is 4.35. The van der Waals surface area contributed by atoms with Crippen molar-refractivity contribution in [2.45, 2.75) is 3.79 Å². The van der Waals surface area contributed by atoms with E-state index in [1.54, 1.807) is 12.1 Å². The van der Waals surface area contributed by atoms with E-state index in [0.29, 0.717) is 17.3 Å². The molecule has 0 bridgehead atoms. The number of alkyl halides is 3. The average Bonchev–Trinajstić information content (AvgIpc) is 2.61. The van der Waals surface area contributed by atoms with Crippen LogP contribution in [0.3, 0.4) is 0 Å². The number of hydrogen-bond donors (Lipinski definition) is 1. The van der Waals surface area contributed by atoms with Crippen LogP contribution in [0.2, 0.25) is 0 Å². The summed E-state index contributed by atoms with van der Waals surface area (Å²) in [5.41, 5.74) is 0.784. The second-order valence-electron chi connectivity index (χ2n) is 5.95. The van der Waals surface area contributed by atoms with E-state index in [1.165, 1.54) is 12.1 Å². The maximum absolute atomic E-state index is 11.0. The lowest BCUT2D eigenvalue weighted by Gasteiger charge is -2.32. The standard InChI is InChI=1S/C16H16Cl3N5O2/c1-23-6-8-24(9-7-23)15-21-12(20-14(22-15)16(17,18)19)10-2-4-11(5-3-10)13(25)26/h2-5H,6-9H2,1H3,(H,25,26). The van der Waals surface area contributed by atoms with Crippen molar-refractivity contribution in [3.05, 3.63) is 35.7 Å². The van der Waals surface area contributed by atoms with Gasteiger partial charge in [-0.1, -0.05) is 46.9 Å². The molecule has 2 heterocycles. The van der Waals surface area contributed by atoms with Gasteiger partial charge in [-0.2, -0.15) is 9.97 Å². The van der Waals surface area contributed by atoms with Crippen LogP contribution in [0, 0.1) is 0 Å². The molecule has 1 aliphatic heterocycles. The van der Waals surface area contributed by atoms with E-state index in [4.69, 9.17) is 39.9 Å². The molecule has 0 spiro atoms. The van der Waals surface area contributed by atoms with Gasteiger partial charge >= 0.3 is 5.97 Å². The van der Waals surface area contributed by atoms with E-state index in [-0.39, 0.29) is 11.4 Å². The molecule has 2 aromatic rings. The summed E-state index contributed by atoms with van der Waals surface area (Å²) in [5, 5.41) is 9.03. The number of aromatic carboxylic acids is 1. The van der Waals surface area contributed by atoms with Gasteiger partial charge in [0.1, 0.15) is 0 Å². The molecule has 26 heavy (non-hydrogen) atoms. The molecule has 0 aliphatic carbocycles. The van der Waals surface area contributed by atoms with E-state index in [2.05, 4.69) is 19.9 Å². The fourth-order valence-electron chi connectivity index (χ4n) is 2.53. The first-order chi connectivity index (χ1) is 12.2.